The number of nitrogens with two attached hydrogens (primary N) is 2. The molecule has 0 spiro atoms. The second-order valence-corrected chi connectivity index (χ2v) is 2.83. The van der Waals surface area contributed by atoms with Gasteiger partial charge in [-0.1, -0.05) is 0 Å². The lowest BCUT2D eigenvalue weighted by atomic mass is 10.2. The predicted octanol–water partition coefficient (Wildman–Crippen LogP) is -0.860. The number of hydrogen-bond donors (Lipinski definition) is 2. The van der Waals surface area contributed by atoms with E-state index in [0.717, 1.165) is 5.69 Å². The Hall–Kier alpha value is -1.49. The van der Waals surface area contributed by atoms with Crippen LogP contribution in [0.15, 0.2) is 12.3 Å². The molecule has 1 heterocycles. The van der Waals surface area contributed by atoms with Crippen LogP contribution in [0.2, 0.25) is 0 Å². The molecule has 0 saturated heterocycles. The van der Waals surface area contributed by atoms with Gasteiger partial charge in [-0.15, -0.1) is 0 Å². The minimum Gasteiger partial charge on any atom is -0.368 e. The lowest BCUT2D eigenvalue weighted by Gasteiger charge is -2.05. The number of amides is 1. The zero-order valence-electron chi connectivity index (χ0n) is 7.40. The van der Waals surface area contributed by atoms with Gasteiger partial charge in [0, 0.05) is 18.3 Å². The van der Waals surface area contributed by atoms with Gasteiger partial charge in [-0.2, -0.15) is 0 Å². The van der Waals surface area contributed by atoms with Crippen LogP contribution in [0.3, 0.4) is 0 Å². The molecular weight excluding hydrogens is 168 g/mol. The summed E-state index contributed by atoms with van der Waals surface area (Å²) in [6.07, 6.45) is 1.92. The van der Waals surface area contributed by atoms with Gasteiger partial charge >= 0.3 is 0 Å². The van der Waals surface area contributed by atoms with E-state index in [1.807, 2.05) is 6.92 Å². The summed E-state index contributed by atoms with van der Waals surface area (Å²) in [6, 6.07) is 1.07. The van der Waals surface area contributed by atoms with Crippen molar-refractivity contribution in [2.45, 2.75) is 19.4 Å². The van der Waals surface area contributed by atoms with E-state index in [1.54, 1.807) is 12.3 Å². The first-order chi connectivity index (χ1) is 6.09. The Labute approximate surface area is 76.2 Å². The highest BCUT2D eigenvalue weighted by Crippen LogP contribution is 1.96. The van der Waals surface area contributed by atoms with Crippen molar-refractivity contribution in [1.82, 2.24) is 9.97 Å². The van der Waals surface area contributed by atoms with Crippen molar-refractivity contribution in [3.05, 3.63) is 23.8 Å². The molecule has 0 saturated carbocycles. The van der Waals surface area contributed by atoms with Gasteiger partial charge in [0.05, 0.1) is 6.04 Å². The van der Waals surface area contributed by atoms with Crippen LogP contribution in [0.5, 0.6) is 0 Å². The Balaban J connectivity index is 2.69. The molecule has 5 nitrogen and oxygen atoms in total. The summed E-state index contributed by atoms with van der Waals surface area (Å²) >= 11 is 0. The highest BCUT2D eigenvalue weighted by atomic mass is 16.1. The molecule has 1 aromatic heterocycles. The number of aryl methyl sites for hydroxylation is 1. The maximum Gasteiger partial charge on any atom is 0.234 e. The molecule has 0 bridgehead atoms. The molecular formula is C8H12N4O. The van der Waals surface area contributed by atoms with Gasteiger partial charge < -0.3 is 11.5 Å². The smallest absolute Gasteiger partial charge is 0.234 e. The normalized spacial score (nSPS) is 12.5. The monoisotopic (exact) mass is 180 g/mol. The number of aromatic nitrogens is 2. The molecule has 1 unspecified atom stereocenters. The quantitative estimate of drug-likeness (QED) is 0.632. The third-order valence-corrected chi connectivity index (χ3v) is 1.61. The summed E-state index contributed by atoms with van der Waals surface area (Å²) in [5, 5.41) is 0. The van der Waals surface area contributed by atoms with Gasteiger partial charge in [-0.3, -0.25) is 4.79 Å². The lowest BCUT2D eigenvalue weighted by molar-refractivity contribution is -0.119. The van der Waals surface area contributed by atoms with Crippen LogP contribution in [0, 0.1) is 6.92 Å². The molecule has 0 aliphatic carbocycles. The van der Waals surface area contributed by atoms with Crippen LogP contribution in [0.1, 0.15) is 11.5 Å². The first-order valence-corrected chi connectivity index (χ1v) is 3.93. The standard InChI is InChI=1S/C8H12N4O/c1-5-2-3-11-7(12-5)4-6(9)8(10)13/h2-3,6H,4,9H2,1H3,(H2,10,13). The van der Waals surface area contributed by atoms with Gasteiger partial charge in [0.25, 0.3) is 0 Å². The minimum absolute atomic E-state index is 0.289. The van der Waals surface area contributed by atoms with E-state index in [1.165, 1.54) is 0 Å². The fraction of sp³-hybridized carbons (Fsp3) is 0.375. The summed E-state index contributed by atoms with van der Waals surface area (Å²) in [5.41, 5.74) is 11.3. The number of carbonyl (C=O) groups is 1. The topological polar surface area (TPSA) is 94.9 Å². The van der Waals surface area contributed by atoms with Gasteiger partial charge in [-0.05, 0) is 13.0 Å². The van der Waals surface area contributed by atoms with Crippen LogP contribution in [-0.4, -0.2) is 21.9 Å². The minimum atomic E-state index is -0.707. The van der Waals surface area contributed by atoms with Gasteiger partial charge in [0.15, 0.2) is 0 Å². The fourth-order valence-corrected chi connectivity index (χ4v) is 0.897. The molecule has 0 aromatic carbocycles. The summed E-state index contributed by atoms with van der Waals surface area (Å²) in [7, 11) is 0. The van der Waals surface area contributed by atoms with Crippen molar-refractivity contribution in [1.29, 1.82) is 0 Å². The highest BCUT2D eigenvalue weighted by molar-refractivity contribution is 5.79. The molecule has 70 valence electrons. The van der Waals surface area contributed by atoms with Crippen LogP contribution in [0.4, 0.5) is 0 Å². The first kappa shape index (κ1) is 9.60. The largest absolute Gasteiger partial charge is 0.368 e. The van der Waals surface area contributed by atoms with E-state index in [-0.39, 0.29) is 6.42 Å². The van der Waals surface area contributed by atoms with E-state index >= 15 is 0 Å². The van der Waals surface area contributed by atoms with Crippen molar-refractivity contribution in [2.75, 3.05) is 0 Å². The maximum atomic E-state index is 10.6. The molecule has 0 aliphatic rings. The Morgan fingerprint density at radius 2 is 2.38 bits per heavy atom. The van der Waals surface area contributed by atoms with Crippen LogP contribution < -0.4 is 11.5 Å². The lowest BCUT2D eigenvalue weighted by Crippen LogP contribution is -2.38. The van der Waals surface area contributed by atoms with E-state index in [0.29, 0.717) is 5.82 Å². The van der Waals surface area contributed by atoms with Gasteiger partial charge in [0.2, 0.25) is 5.91 Å². The van der Waals surface area contributed by atoms with Crippen molar-refractivity contribution in [3.63, 3.8) is 0 Å². The Bertz CT molecular complexity index is 313. The third-order valence-electron chi connectivity index (χ3n) is 1.61. The zero-order chi connectivity index (χ0) is 9.84. The molecule has 0 fully saturated rings. The Kier molecular flexibility index (Phi) is 2.92. The maximum absolute atomic E-state index is 10.6. The summed E-state index contributed by atoms with van der Waals surface area (Å²) < 4.78 is 0. The Morgan fingerprint density at radius 1 is 1.69 bits per heavy atom. The molecule has 5 heteroatoms. The van der Waals surface area contributed by atoms with E-state index in [4.69, 9.17) is 11.5 Å². The molecule has 4 N–H and O–H groups in total. The Morgan fingerprint density at radius 3 is 2.92 bits per heavy atom. The third kappa shape index (κ3) is 2.79. The SMILES string of the molecule is Cc1ccnc(CC(N)C(N)=O)n1. The first-order valence-electron chi connectivity index (χ1n) is 3.93. The second-order valence-electron chi connectivity index (χ2n) is 2.83. The summed E-state index contributed by atoms with van der Waals surface area (Å²) in [4.78, 5) is 18.7. The predicted molar refractivity (Wildman–Crippen MR) is 47.6 cm³/mol. The van der Waals surface area contributed by atoms with E-state index in [2.05, 4.69) is 9.97 Å². The number of primary amides is 1. The van der Waals surface area contributed by atoms with E-state index < -0.39 is 11.9 Å². The highest BCUT2D eigenvalue weighted by Gasteiger charge is 2.11. The van der Waals surface area contributed by atoms with Crippen LogP contribution in [0.25, 0.3) is 0 Å². The number of nitrogens with zero attached hydrogens (tertiary/aromatic N) is 2. The number of carbonyl (C=O) groups excluding carboxylic acids is 1. The molecule has 13 heavy (non-hydrogen) atoms. The zero-order valence-corrected chi connectivity index (χ0v) is 7.40. The van der Waals surface area contributed by atoms with Crippen molar-refractivity contribution >= 4 is 5.91 Å². The van der Waals surface area contributed by atoms with Crippen molar-refractivity contribution < 1.29 is 4.79 Å². The number of rotatable bonds is 3. The van der Waals surface area contributed by atoms with Crippen LogP contribution in [-0.2, 0) is 11.2 Å². The number of hydrogen-bond acceptors (Lipinski definition) is 4. The van der Waals surface area contributed by atoms with E-state index in [9.17, 15) is 4.79 Å². The van der Waals surface area contributed by atoms with Crippen molar-refractivity contribution in [3.8, 4) is 0 Å². The van der Waals surface area contributed by atoms with Gasteiger partial charge in [-0.25, -0.2) is 9.97 Å². The molecule has 1 amide bonds. The molecule has 1 aromatic rings. The fourth-order valence-electron chi connectivity index (χ4n) is 0.897. The summed E-state index contributed by atoms with van der Waals surface area (Å²) in [5.74, 6) is 0.0106. The summed E-state index contributed by atoms with van der Waals surface area (Å²) in [6.45, 7) is 1.85. The molecule has 1 atom stereocenters. The average Bonchev–Trinajstić information content (AvgIpc) is 2.04. The van der Waals surface area contributed by atoms with Gasteiger partial charge in [0.1, 0.15) is 5.82 Å². The second kappa shape index (κ2) is 3.95. The molecule has 0 radical (unpaired) electrons. The molecule has 0 aliphatic heterocycles. The average molecular weight is 180 g/mol. The molecule has 1 rings (SSSR count). The van der Waals surface area contributed by atoms with Crippen molar-refractivity contribution in [2.24, 2.45) is 11.5 Å². The van der Waals surface area contributed by atoms with Crippen LogP contribution >= 0.6 is 0 Å².